The summed E-state index contributed by atoms with van der Waals surface area (Å²) in [7, 11) is 0. The number of hydrogen-bond donors (Lipinski definition) is 2. The Bertz CT molecular complexity index is 999. The van der Waals surface area contributed by atoms with Crippen LogP contribution in [0.2, 0.25) is 0 Å². The van der Waals surface area contributed by atoms with E-state index < -0.39 is 17.5 Å². The SMILES string of the molecule is CC(CCC(=O)N1CC(C)(C(=O)O)C1)NC(=O)OCC1c2ccccc2-c2ccccc21. The molecule has 1 unspecified atom stereocenters. The van der Waals surface area contributed by atoms with Crippen LogP contribution in [-0.2, 0) is 14.3 Å². The third-order valence-corrected chi connectivity index (χ3v) is 6.45. The zero-order valence-corrected chi connectivity index (χ0v) is 18.3. The predicted octanol–water partition coefficient (Wildman–Crippen LogP) is 3.63. The van der Waals surface area contributed by atoms with Gasteiger partial charge in [0.05, 0.1) is 5.41 Å². The van der Waals surface area contributed by atoms with Crippen molar-refractivity contribution in [2.24, 2.45) is 5.41 Å². The Morgan fingerprint density at radius 1 is 1.09 bits per heavy atom. The van der Waals surface area contributed by atoms with Crippen LogP contribution in [0.15, 0.2) is 48.5 Å². The molecule has 2 aromatic rings. The Labute approximate surface area is 187 Å². The van der Waals surface area contributed by atoms with E-state index in [-0.39, 0.29) is 44.0 Å². The van der Waals surface area contributed by atoms with Gasteiger partial charge in [0.1, 0.15) is 6.61 Å². The number of aliphatic carboxylic acids is 1. The van der Waals surface area contributed by atoms with Crippen LogP contribution in [0.3, 0.4) is 0 Å². The highest BCUT2D eigenvalue weighted by molar-refractivity contribution is 5.83. The number of nitrogens with zero attached hydrogens (tertiary/aromatic N) is 1. The van der Waals surface area contributed by atoms with Crippen molar-refractivity contribution >= 4 is 18.0 Å². The lowest BCUT2D eigenvalue weighted by Gasteiger charge is -2.45. The van der Waals surface area contributed by atoms with E-state index in [2.05, 4.69) is 29.6 Å². The molecular formula is C25H28N2O5. The molecule has 0 bridgehead atoms. The van der Waals surface area contributed by atoms with Crippen molar-refractivity contribution in [1.82, 2.24) is 10.2 Å². The molecule has 1 fully saturated rings. The highest BCUT2D eigenvalue weighted by Gasteiger charge is 2.47. The number of carboxylic acid groups (broad SMARTS) is 1. The van der Waals surface area contributed by atoms with Crippen LogP contribution >= 0.6 is 0 Å². The second-order valence-corrected chi connectivity index (χ2v) is 9.03. The maximum atomic E-state index is 12.3. The van der Waals surface area contributed by atoms with Crippen molar-refractivity contribution in [3.8, 4) is 11.1 Å². The summed E-state index contributed by atoms with van der Waals surface area (Å²) in [5, 5.41) is 11.9. The van der Waals surface area contributed by atoms with Gasteiger partial charge in [0, 0.05) is 31.5 Å². The zero-order chi connectivity index (χ0) is 22.9. The molecule has 2 aromatic carbocycles. The topological polar surface area (TPSA) is 95.9 Å². The quantitative estimate of drug-likeness (QED) is 0.691. The summed E-state index contributed by atoms with van der Waals surface area (Å²) in [5.74, 6) is -0.975. The maximum Gasteiger partial charge on any atom is 0.407 e. The lowest BCUT2D eigenvalue weighted by atomic mass is 9.82. The number of likely N-dealkylation sites (tertiary alicyclic amines) is 1. The molecule has 7 heteroatoms. The molecule has 168 valence electrons. The minimum atomic E-state index is -0.883. The third-order valence-electron chi connectivity index (χ3n) is 6.45. The van der Waals surface area contributed by atoms with Gasteiger partial charge in [-0.2, -0.15) is 0 Å². The molecule has 0 spiro atoms. The van der Waals surface area contributed by atoms with E-state index in [1.807, 2.05) is 31.2 Å². The number of nitrogens with one attached hydrogen (secondary N) is 1. The Kier molecular flexibility index (Phi) is 5.91. The molecular weight excluding hydrogens is 408 g/mol. The summed E-state index contributed by atoms with van der Waals surface area (Å²) in [6.45, 7) is 4.17. The van der Waals surface area contributed by atoms with Crippen LogP contribution in [0.25, 0.3) is 11.1 Å². The van der Waals surface area contributed by atoms with Crippen LogP contribution in [0.5, 0.6) is 0 Å². The smallest absolute Gasteiger partial charge is 0.407 e. The van der Waals surface area contributed by atoms with Crippen LogP contribution in [0.1, 0.15) is 43.7 Å². The van der Waals surface area contributed by atoms with E-state index in [9.17, 15) is 14.4 Å². The number of amides is 2. The number of carbonyl (C=O) groups is 3. The molecule has 1 heterocycles. The van der Waals surface area contributed by atoms with Crippen molar-refractivity contribution in [2.75, 3.05) is 19.7 Å². The van der Waals surface area contributed by atoms with Crippen molar-refractivity contribution in [2.45, 2.75) is 38.6 Å². The lowest BCUT2D eigenvalue weighted by molar-refractivity contribution is -0.164. The van der Waals surface area contributed by atoms with Gasteiger partial charge in [0.15, 0.2) is 0 Å². The molecule has 32 heavy (non-hydrogen) atoms. The monoisotopic (exact) mass is 436 g/mol. The second kappa shape index (κ2) is 8.65. The first-order valence-corrected chi connectivity index (χ1v) is 10.9. The van der Waals surface area contributed by atoms with Crippen LogP contribution in [0, 0.1) is 5.41 Å². The first kappa shape index (κ1) is 21.9. The fourth-order valence-corrected chi connectivity index (χ4v) is 4.52. The van der Waals surface area contributed by atoms with Gasteiger partial charge in [-0.15, -0.1) is 0 Å². The lowest BCUT2D eigenvalue weighted by Crippen LogP contribution is -2.60. The van der Waals surface area contributed by atoms with Crippen molar-refractivity contribution in [3.05, 3.63) is 59.7 Å². The molecule has 0 radical (unpaired) electrons. The molecule has 1 aliphatic heterocycles. The molecule has 2 N–H and O–H groups in total. The minimum Gasteiger partial charge on any atom is -0.481 e. The molecule has 4 rings (SSSR count). The Hall–Kier alpha value is -3.35. The summed E-state index contributed by atoms with van der Waals surface area (Å²) in [4.78, 5) is 37.3. The Morgan fingerprint density at radius 3 is 2.22 bits per heavy atom. The van der Waals surface area contributed by atoms with Gasteiger partial charge in [-0.25, -0.2) is 4.79 Å². The molecule has 1 aliphatic carbocycles. The van der Waals surface area contributed by atoms with E-state index in [0.717, 1.165) is 11.1 Å². The van der Waals surface area contributed by atoms with E-state index in [1.165, 1.54) is 11.1 Å². The number of fused-ring (bicyclic) bond motifs is 3. The van der Waals surface area contributed by atoms with Gasteiger partial charge in [0.25, 0.3) is 0 Å². The van der Waals surface area contributed by atoms with Crippen LogP contribution < -0.4 is 5.32 Å². The molecule has 2 amide bonds. The average Bonchev–Trinajstić information content (AvgIpc) is 3.07. The molecule has 0 aromatic heterocycles. The number of hydrogen-bond acceptors (Lipinski definition) is 4. The molecule has 1 atom stereocenters. The molecule has 0 saturated carbocycles. The highest BCUT2D eigenvalue weighted by Crippen LogP contribution is 2.44. The molecule has 1 saturated heterocycles. The van der Waals surface area contributed by atoms with Gasteiger partial charge < -0.3 is 20.1 Å². The summed E-state index contributed by atoms with van der Waals surface area (Å²) in [6, 6.07) is 16.1. The number of carboxylic acids is 1. The summed E-state index contributed by atoms with van der Waals surface area (Å²) in [6.07, 6.45) is 0.207. The zero-order valence-electron chi connectivity index (χ0n) is 18.3. The Morgan fingerprint density at radius 2 is 1.66 bits per heavy atom. The van der Waals surface area contributed by atoms with E-state index in [1.54, 1.807) is 11.8 Å². The largest absolute Gasteiger partial charge is 0.481 e. The Balaban J connectivity index is 1.24. The second-order valence-electron chi connectivity index (χ2n) is 9.03. The number of carbonyl (C=O) groups excluding carboxylic acids is 2. The predicted molar refractivity (Wildman–Crippen MR) is 119 cm³/mol. The first-order valence-electron chi connectivity index (χ1n) is 10.9. The molecule has 7 nitrogen and oxygen atoms in total. The maximum absolute atomic E-state index is 12.3. The summed E-state index contributed by atoms with van der Waals surface area (Å²) >= 11 is 0. The minimum absolute atomic E-state index is 0.00000352. The summed E-state index contributed by atoms with van der Waals surface area (Å²) in [5.41, 5.74) is 3.81. The van der Waals surface area contributed by atoms with Gasteiger partial charge in [-0.3, -0.25) is 9.59 Å². The van der Waals surface area contributed by atoms with Gasteiger partial charge in [-0.1, -0.05) is 48.5 Å². The van der Waals surface area contributed by atoms with E-state index in [4.69, 9.17) is 9.84 Å². The molecule has 2 aliphatic rings. The van der Waals surface area contributed by atoms with Gasteiger partial charge in [-0.05, 0) is 42.5 Å². The fraction of sp³-hybridized carbons (Fsp3) is 0.400. The van der Waals surface area contributed by atoms with Gasteiger partial charge in [0.2, 0.25) is 5.91 Å². The summed E-state index contributed by atoms with van der Waals surface area (Å²) < 4.78 is 5.54. The number of rotatable bonds is 7. The number of alkyl carbamates (subject to hydrolysis) is 1. The third kappa shape index (κ3) is 4.20. The number of benzene rings is 2. The van der Waals surface area contributed by atoms with Gasteiger partial charge >= 0.3 is 12.1 Å². The number of ether oxygens (including phenoxy) is 1. The fourth-order valence-electron chi connectivity index (χ4n) is 4.52. The van der Waals surface area contributed by atoms with Crippen LogP contribution in [-0.4, -0.2) is 53.7 Å². The standard InChI is InChI=1S/C25H28N2O5/c1-16(11-12-22(28)27-14-25(2,15-27)23(29)30)26-24(31)32-13-21-19-9-5-3-7-17(19)18-8-4-6-10-20(18)21/h3-10,16,21H,11-15H2,1-2H3,(H,26,31)(H,29,30). The van der Waals surface area contributed by atoms with Crippen molar-refractivity contribution < 1.29 is 24.2 Å². The first-order chi connectivity index (χ1) is 15.3. The van der Waals surface area contributed by atoms with Crippen molar-refractivity contribution in [1.29, 1.82) is 0 Å². The van der Waals surface area contributed by atoms with E-state index in [0.29, 0.717) is 6.42 Å². The highest BCUT2D eigenvalue weighted by atomic mass is 16.5. The van der Waals surface area contributed by atoms with Crippen LogP contribution in [0.4, 0.5) is 4.79 Å². The normalized spacial score (nSPS) is 17.0. The average molecular weight is 437 g/mol. The van der Waals surface area contributed by atoms with Crippen molar-refractivity contribution in [3.63, 3.8) is 0 Å². The van der Waals surface area contributed by atoms with E-state index >= 15 is 0 Å².